The number of aryl methyl sites for hydroxylation is 2. The Labute approximate surface area is 155 Å². The molecule has 0 spiro atoms. The number of hydrogen-bond donors (Lipinski definition) is 0. The van der Waals surface area contributed by atoms with Gasteiger partial charge in [-0.05, 0) is 56.9 Å². The van der Waals surface area contributed by atoms with Crippen LogP contribution >= 0.6 is 0 Å². The van der Waals surface area contributed by atoms with Crippen molar-refractivity contribution in [2.45, 2.75) is 58.4 Å². The summed E-state index contributed by atoms with van der Waals surface area (Å²) in [5, 5.41) is 4.45. The lowest BCUT2D eigenvalue weighted by atomic mass is 9.76. The molecule has 142 valence electrons. The maximum Gasteiger partial charge on any atom is 0.222 e. The highest BCUT2D eigenvalue weighted by atomic mass is 16.2. The molecule has 2 bridgehead atoms. The van der Waals surface area contributed by atoms with Crippen molar-refractivity contribution in [1.82, 2.24) is 19.6 Å². The molecule has 4 heterocycles. The van der Waals surface area contributed by atoms with Crippen molar-refractivity contribution in [3.63, 3.8) is 0 Å². The van der Waals surface area contributed by atoms with E-state index in [9.17, 15) is 9.59 Å². The summed E-state index contributed by atoms with van der Waals surface area (Å²) in [5.74, 6) is 1.52. The smallest absolute Gasteiger partial charge is 0.222 e. The van der Waals surface area contributed by atoms with E-state index < -0.39 is 0 Å². The molecule has 6 heteroatoms. The second-order valence-electron chi connectivity index (χ2n) is 8.44. The standard InChI is InChI=1S/C20H30N4O2/c1-13-17(14(2)22(3)21-13)7-8-19(25)23-10-15-9-16(12-23)18-5-4-6-20(26)24(18)11-15/h15-16,18H,4-12H2,1-3H3/t15?,16?,18-/m1/s1. The lowest BCUT2D eigenvalue weighted by Gasteiger charge is -2.52. The summed E-state index contributed by atoms with van der Waals surface area (Å²) in [6.45, 7) is 6.59. The van der Waals surface area contributed by atoms with E-state index in [1.54, 1.807) is 0 Å². The molecule has 3 aliphatic heterocycles. The van der Waals surface area contributed by atoms with Crippen LogP contribution in [0.4, 0.5) is 0 Å². The minimum absolute atomic E-state index is 0.262. The number of nitrogens with zero attached hydrogens (tertiary/aromatic N) is 4. The molecule has 3 fully saturated rings. The summed E-state index contributed by atoms with van der Waals surface area (Å²) >= 11 is 0. The van der Waals surface area contributed by atoms with Crippen LogP contribution < -0.4 is 0 Å². The van der Waals surface area contributed by atoms with Crippen molar-refractivity contribution in [3.8, 4) is 0 Å². The highest BCUT2D eigenvalue weighted by molar-refractivity contribution is 5.78. The number of aromatic nitrogens is 2. The second kappa shape index (κ2) is 6.71. The van der Waals surface area contributed by atoms with Crippen molar-refractivity contribution >= 4 is 11.8 Å². The minimum atomic E-state index is 0.262. The van der Waals surface area contributed by atoms with Crippen LogP contribution in [0.1, 0.15) is 49.1 Å². The molecule has 1 aromatic rings. The number of piperidine rings is 3. The van der Waals surface area contributed by atoms with Gasteiger partial charge in [0.2, 0.25) is 11.8 Å². The lowest BCUT2D eigenvalue weighted by Crippen LogP contribution is -2.61. The van der Waals surface area contributed by atoms with Crippen LogP contribution in [0.5, 0.6) is 0 Å². The van der Waals surface area contributed by atoms with E-state index in [2.05, 4.69) is 21.8 Å². The topological polar surface area (TPSA) is 58.4 Å². The molecule has 0 aliphatic carbocycles. The van der Waals surface area contributed by atoms with Gasteiger partial charge in [0, 0.05) is 51.3 Å². The van der Waals surface area contributed by atoms with E-state index in [0.717, 1.165) is 50.3 Å². The highest BCUT2D eigenvalue weighted by Crippen LogP contribution is 2.38. The van der Waals surface area contributed by atoms with Crippen molar-refractivity contribution in [2.24, 2.45) is 18.9 Å². The SMILES string of the molecule is Cc1nn(C)c(C)c1CCC(=O)N1CC2CC(C1)[C@H]1CCCC(=O)N1C2. The monoisotopic (exact) mass is 358 g/mol. The zero-order chi connectivity index (χ0) is 18.4. The molecule has 1 aromatic heterocycles. The number of rotatable bonds is 3. The Kier molecular flexibility index (Phi) is 4.53. The Bertz CT molecular complexity index is 726. The van der Waals surface area contributed by atoms with Crippen LogP contribution in [0.15, 0.2) is 0 Å². The second-order valence-corrected chi connectivity index (χ2v) is 8.44. The summed E-state index contributed by atoms with van der Waals surface area (Å²) in [5.41, 5.74) is 3.40. The van der Waals surface area contributed by atoms with Gasteiger partial charge in [-0.25, -0.2) is 0 Å². The number of fused-ring (bicyclic) bond motifs is 4. The molecule has 2 amide bonds. The molecule has 3 saturated heterocycles. The van der Waals surface area contributed by atoms with Crippen LogP contribution in [-0.2, 0) is 23.1 Å². The van der Waals surface area contributed by atoms with Gasteiger partial charge in [0.25, 0.3) is 0 Å². The summed E-state index contributed by atoms with van der Waals surface area (Å²) in [6, 6.07) is 0.367. The van der Waals surface area contributed by atoms with Crippen LogP contribution in [0.3, 0.4) is 0 Å². The predicted molar refractivity (Wildman–Crippen MR) is 98.5 cm³/mol. The fraction of sp³-hybridized carbons (Fsp3) is 0.750. The van der Waals surface area contributed by atoms with Gasteiger partial charge >= 0.3 is 0 Å². The zero-order valence-corrected chi connectivity index (χ0v) is 16.2. The maximum atomic E-state index is 12.9. The first kappa shape index (κ1) is 17.6. The molecule has 0 radical (unpaired) electrons. The Morgan fingerprint density at radius 3 is 2.77 bits per heavy atom. The molecule has 3 aliphatic rings. The molecule has 0 aromatic carbocycles. The molecule has 6 nitrogen and oxygen atoms in total. The zero-order valence-electron chi connectivity index (χ0n) is 16.2. The van der Waals surface area contributed by atoms with Crippen LogP contribution in [0.25, 0.3) is 0 Å². The van der Waals surface area contributed by atoms with E-state index in [4.69, 9.17) is 0 Å². The van der Waals surface area contributed by atoms with Crippen molar-refractivity contribution < 1.29 is 9.59 Å². The van der Waals surface area contributed by atoms with Gasteiger partial charge < -0.3 is 9.80 Å². The Morgan fingerprint density at radius 1 is 1.23 bits per heavy atom. The molecule has 4 rings (SSSR count). The van der Waals surface area contributed by atoms with Crippen LogP contribution in [0.2, 0.25) is 0 Å². The minimum Gasteiger partial charge on any atom is -0.342 e. The van der Waals surface area contributed by atoms with Crippen LogP contribution in [0, 0.1) is 25.7 Å². The number of amides is 2. The normalized spacial score (nSPS) is 28.3. The third kappa shape index (κ3) is 3.03. The lowest BCUT2D eigenvalue weighted by molar-refractivity contribution is -0.148. The van der Waals surface area contributed by atoms with Crippen molar-refractivity contribution in [1.29, 1.82) is 0 Å². The number of hydrogen-bond acceptors (Lipinski definition) is 3. The molecule has 0 saturated carbocycles. The van der Waals surface area contributed by atoms with Gasteiger partial charge in [-0.2, -0.15) is 5.10 Å². The predicted octanol–water partition coefficient (Wildman–Crippen LogP) is 1.83. The van der Waals surface area contributed by atoms with Gasteiger partial charge in [-0.15, -0.1) is 0 Å². The molecular weight excluding hydrogens is 328 g/mol. The van der Waals surface area contributed by atoms with Crippen LogP contribution in [-0.4, -0.2) is 57.1 Å². The summed E-state index contributed by atoms with van der Waals surface area (Å²) in [4.78, 5) is 29.3. The van der Waals surface area contributed by atoms with Crippen molar-refractivity contribution in [2.75, 3.05) is 19.6 Å². The third-order valence-electron chi connectivity index (χ3n) is 6.78. The Hall–Kier alpha value is -1.85. The van der Waals surface area contributed by atoms with Gasteiger partial charge in [0.1, 0.15) is 0 Å². The van der Waals surface area contributed by atoms with E-state index in [-0.39, 0.29) is 5.91 Å². The first-order valence-corrected chi connectivity index (χ1v) is 10.0. The fourth-order valence-electron chi connectivity index (χ4n) is 5.38. The number of carbonyl (C=O) groups excluding carboxylic acids is 2. The number of carbonyl (C=O) groups is 2. The van der Waals surface area contributed by atoms with E-state index >= 15 is 0 Å². The summed E-state index contributed by atoms with van der Waals surface area (Å²) in [7, 11) is 1.96. The third-order valence-corrected chi connectivity index (χ3v) is 6.78. The average Bonchev–Trinajstić information content (AvgIpc) is 2.86. The van der Waals surface area contributed by atoms with Gasteiger partial charge in [-0.3, -0.25) is 14.3 Å². The first-order valence-electron chi connectivity index (χ1n) is 10.0. The van der Waals surface area contributed by atoms with E-state index in [1.807, 2.05) is 18.7 Å². The summed E-state index contributed by atoms with van der Waals surface area (Å²) in [6.07, 6.45) is 5.33. The maximum absolute atomic E-state index is 12.9. The van der Waals surface area contributed by atoms with Gasteiger partial charge in [-0.1, -0.05) is 0 Å². The number of likely N-dealkylation sites (tertiary alicyclic amines) is 1. The largest absolute Gasteiger partial charge is 0.342 e. The molecule has 2 unspecified atom stereocenters. The van der Waals surface area contributed by atoms with E-state index in [1.165, 1.54) is 12.0 Å². The van der Waals surface area contributed by atoms with Crippen molar-refractivity contribution in [3.05, 3.63) is 17.0 Å². The summed E-state index contributed by atoms with van der Waals surface area (Å²) < 4.78 is 1.90. The van der Waals surface area contributed by atoms with Gasteiger partial charge in [0.05, 0.1) is 5.69 Å². The molecular formula is C20H30N4O2. The Morgan fingerprint density at radius 2 is 2.04 bits per heavy atom. The Balaban J connectivity index is 1.40. The molecule has 3 atom stereocenters. The van der Waals surface area contributed by atoms with Gasteiger partial charge in [0.15, 0.2) is 0 Å². The molecule has 26 heavy (non-hydrogen) atoms. The van der Waals surface area contributed by atoms with E-state index in [0.29, 0.717) is 36.6 Å². The fourth-order valence-corrected chi connectivity index (χ4v) is 5.38. The first-order chi connectivity index (χ1) is 12.4. The average molecular weight is 358 g/mol. The molecule has 0 N–H and O–H groups in total. The quantitative estimate of drug-likeness (QED) is 0.828. The highest BCUT2D eigenvalue weighted by Gasteiger charge is 2.44.